The molecule has 1 aromatic heterocycles. The molecule has 4 rings (SSSR count). The van der Waals surface area contributed by atoms with E-state index in [2.05, 4.69) is 30.1 Å². The highest BCUT2D eigenvalue weighted by molar-refractivity contribution is 5.99. The van der Waals surface area contributed by atoms with Gasteiger partial charge in [0.15, 0.2) is 0 Å². The van der Waals surface area contributed by atoms with Crippen molar-refractivity contribution in [3.63, 3.8) is 0 Å². The minimum atomic E-state index is -0.317. The lowest BCUT2D eigenvalue weighted by Gasteiger charge is -2.23. The van der Waals surface area contributed by atoms with Crippen LogP contribution in [0.3, 0.4) is 0 Å². The van der Waals surface area contributed by atoms with Crippen LogP contribution in [0.5, 0.6) is 0 Å². The van der Waals surface area contributed by atoms with Gasteiger partial charge in [0.1, 0.15) is 0 Å². The number of carbonyl (C=O) groups excluding carboxylic acids is 1. The molecule has 1 saturated carbocycles. The molecule has 1 heterocycles. The average Bonchev–Trinajstić information content (AvgIpc) is 3.06. The number of hydrogen-bond donors (Lipinski definition) is 2. The van der Waals surface area contributed by atoms with Gasteiger partial charge in [-0.25, -0.2) is 4.79 Å². The van der Waals surface area contributed by atoms with Crippen LogP contribution in [0.4, 0.5) is 5.69 Å². The minimum absolute atomic E-state index is 0.317. The zero-order valence-electron chi connectivity index (χ0n) is 16.0. The zero-order valence-corrected chi connectivity index (χ0v) is 16.0. The summed E-state index contributed by atoms with van der Waals surface area (Å²) in [7, 11) is 1.41. The van der Waals surface area contributed by atoms with Gasteiger partial charge in [-0.1, -0.05) is 37.5 Å². The molecule has 27 heavy (non-hydrogen) atoms. The fourth-order valence-corrected chi connectivity index (χ4v) is 4.40. The topological polar surface area (TPSA) is 68.1 Å². The summed E-state index contributed by atoms with van der Waals surface area (Å²) in [5.41, 5.74) is 13.3. The number of nitrogen functional groups attached to an aromatic ring is 1. The molecule has 4 heteroatoms. The van der Waals surface area contributed by atoms with Crippen molar-refractivity contribution in [1.82, 2.24) is 4.98 Å². The Kier molecular flexibility index (Phi) is 4.65. The number of H-pyrrole nitrogens is 1. The predicted molar refractivity (Wildman–Crippen MR) is 110 cm³/mol. The second-order valence-electron chi connectivity index (χ2n) is 7.59. The number of aromatic nitrogens is 1. The highest BCUT2D eigenvalue weighted by Gasteiger charge is 2.25. The quantitative estimate of drug-likeness (QED) is 0.473. The van der Waals surface area contributed by atoms with E-state index < -0.39 is 0 Å². The van der Waals surface area contributed by atoms with E-state index in [0.717, 1.165) is 28.0 Å². The van der Waals surface area contributed by atoms with Gasteiger partial charge in [-0.2, -0.15) is 0 Å². The maximum absolute atomic E-state index is 12.0. The second-order valence-corrected chi connectivity index (χ2v) is 7.59. The first-order valence-corrected chi connectivity index (χ1v) is 9.69. The second kappa shape index (κ2) is 7.10. The van der Waals surface area contributed by atoms with Crippen LogP contribution in [0.1, 0.15) is 59.5 Å². The predicted octanol–water partition coefficient (Wildman–Crippen LogP) is 5.56. The van der Waals surface area contributed by atoms with E-state index in [1.807, 2.05) is 18.2 Å². The highest BCUT2D eigenvalue weighted by atomic mass is 16.5. The first kappa shape index (κ1) is 17.7. The molecular weight excluding hydrogens is 336 g/mol. The van der Waals surface area contributed by atoms with Crippen LogP contribution in [0.25, 0.3) is 22.2 Å². The Morgan fingerprint density at radius 3 is 2.59 bits per heavy atom. The van der Waals surface area contributed by atoms with Gasteiger partial charge in [-0.15, -0.1) is 0 Å². The summed E-state index contributed by atoms with van der Waals surface area (Å²) in [6.07, 6.45) is 6.24. The number of benzene rings is 2. The number of carbonyl (C=O) groups is 1. The summed E-state index contributed by atoms with van der Waals surface area (Å²) in [5.74, 6) is 0.203. The number of aryl methyl sites for hydroxylation is 1. The summed E-state index contributed by atoms with van der Waals surface area (Å²) < 4.78 is 4.88. The van der Waals surface area contributed by atoms with Gasteiger partial charge in [0.25, 0.3) is 0 Å². The molecule has 1 aliphatic carbocycles. The lowest BCUT2D eigenvalue weighted by molar-refractivity contribution is 0.0601. The fraction of sp³-hybridized carbons (Fsp3) is 0.348. The third kappa shape index (κ3) is 3.20. The van der Waals surface area contributed by atoms with Gasteiger partial charge >= 0.3 is 5.97 Å². The third-order valence-corrected chi connectivity index (χ3v) is 5.75. The number of ether oxygens (including phenoxy) is 1. The van der Waals surface area contributed by atoms with Gasteiger partial charge in [-0.05, 0) is 55.0 Å². The molecule has 2 aromatic carbocycles. The van der Waals surface area contributed by atoms with Crippen LogP contribution in [0.2, 0.25) is 0 Å². The van der Waals surface area contributed by atoms with Crippen molar-refractivity contribution in [1.29, 1.82) is 0 Å². The lowest BCUT2D eigenvalue weighted by atomic mass is 9.81. The number of aromatic amines is 1. The Morgan fingerprint density at radius 1 is 1.11 bits per heavy atom. The summed E-state index contributed by atoms with van der Waals surface area (Å²) in [4.78, 5) is 15.5. The molecule has 1 fully saturated rings. The maximum atomic E-state index is 12.0. The maximum Gasteiger partial charge on any atom is 0.337 e. The standard InChI is InChI=1S/C23H26N2O2/c1-14-8-10-17(19(24)12-14)22-21(15-6-4-3-5-7-15)18-11-9-16(23(26)27-2)13-20(18)25-22/h8-13,15,25H,3-7,24H2,1-2H3. The molecule has 3 aromatic rings. The number of nitrogens with one attached hydrogen (secondary N) is 1. The molecular formula is C23H26N2O2. The van der Waals surface area contributed by atoms with E-state index in [0.29, 0.717) is 11.5 Å². The SMILES string of the molecule is COC(=O)c1ccc2c(C3CCCCC3)c(-c3ccc(C)cc3N)[nH]c2c1. The smallest absolute Gasteiger partial charge is 0.337 e. The Bertz CT molecular complexity index is 997. The van der Waals surface area contributed by atoms with Crippen LogP contribution in [0.15, 0.2) is 36.4 Å². The molecule has 0 aliphatic heterocycles. The average molecular weight is 362 g/mol. The molecule has 0 saturated heterocycles. The van der Waals surface area contributed by atoms with Crippen LogP contribution in [0, 0.1) is 6.92 Å². The molecule has 0 unspecified atom stereocenters. The molecule has 3 N–H and O–H groups in total. The molecule has 140 valence electrons. The van der Waals surface area contributed by atoms with Crippen LogP contribution in [-0.2, 0) is 4.74 Å². The number of rotatable bonds is 3. The van der Waals surface area contributed by atoms with Gasteiger partial charge in [0, 0.05) is 22.2 Å². The Hall–Kier alpha value is -2.75. The monoisotopic (exact) mass is 362 g/mol. The normalized spacial score (nSPS) is 15.2. The largest absolute Gasteiger partial charge is 0.465 e. The van der Waals surface area contributed by atoms with E-state index >= 15 is 0 Å². The first-order chi connectivity index (χ1) is 13.1. The van der Waals surface area contributed by atoms with E-state index in [4.69, 9.17) is 10.5 Å². The molecule has 1 aliphatic rings. The number of anilines is 1. The van der Waals surface area contributed by atoms with Crippen molar-refractivity contribution in [3.8, 4) is 11.3 Å². The summed E-state index contributed by atoms with van der Waals surface area (Å²) in [5, 5.41) is 1.18. The highest BCUT2D eigenvalue weighted by Crippen LogP contribution is 2.43. The fourth-order valence-electron chi connectivity index (χ4n) is 4.40. The molecule has 0 atom stereocenters. The molecule has 0 spiro atoms. The van der Waals surface area contributed by atoms with Gasteiger partial charge < -0.3 is 15.5 Å². The van der Waals surface area contributed by atoms with E-state index in [1.165, 1.54) is 50.2 Å². The summed E-state index contributed by atoms with van der Waals surface area (Å²) in [6, 6.07) is 12.0. The Labute approximate surface area is 159 Å². The van der Waals surface area contributed by atoms with Crippen molar-refractivity contribution in [2.45, 2.75) is 44.9 Å². The number of methoxy groups -OCH3 is 1. The van der Waals surface area contributed by atoms with E-state index in [9.17, 15) is 4.79 Å². The van der Waals surface area contributed by atoms with E-state index in [1.54, 1.807) is 0 Å². The van der Waals surface area contributed by atoms with Crippen molar-refractivity contribution in [3.05, 3.63) is 53.1 Å². The number of fused-ring (bicyclic) bond motifs is 1. The lowest BCUT2D eigenvalue weighted by Crippen LogP contribution is -2.06. The van der Waals surface area contributed by atoms with Gasteiger partial charge in [-0.3, -0.25) is 0 Å². The zero-order chi connectivity index (χ0) is 19.0. The third-order valence-electron chi connectivity index (χ3n) is 5.75. The van der Waals surface area contributed by atoms with E-state index in [-0.39, 0.29) is 5.97 Å². The molecule has 0 bridgehead atoms. The van der Waals surface area contributed by atoms with Gasteiger partial charge in [0.05, 0.1) is 18.4 Å². The van der Waals surface area contributed by atoms with Crippen molar-refractivity contribution < 1.29 is 9.53 Å². The van der Waals surface area contributed by atoms with Gasteiger partial charge in [0.2, 0.25) is 0 Å². The van der Waals surface area contributed by atoms with Crippen LogP contribution < -0.4 is 5.73 Å². The Balaban J connectivity index is 1.93. The van der Waals surface area contributed by atoms with Crippen molar-refractivity contribution in [2.75, 3.05) is 12.8 Å². The van der Waals surface area contributed by atoms with Crippen molar-refractivity contribution >= 4 is 22.6 Å². The summed E-state index contributed by atoms with van der Waals surface area (Å²) >= 11 is 0. The molecule has 0 amide bonds. The number of hydrogen-bond acceptors (Lipinski definition) is 3. The van der Waals surface area contributed by atoms with Crippen LogP contribution in [-0.4, -0.2) is 18.1 Å². The van der Waals surface area contributed by atoms with Crippen molar-refractivity contribution in [2.24, 2.45) is 0 Å². The van der Waals surface area contributed by atoms with Crippen LogP contribution >= 0.6 is 0 Å². The number of nitrogens with two attached hydrogens (primary N) is 1. The molecule has 0 radical (unpaired) electrons. The Morgan fingerprint density at radius 2 is 1.89 bits per heavy atom. The first-order valence-electron chi connectivity index (χ1n) is 9.69. The minimum Gasteiger partial charge on any atom is -0.465 e. The number of esters is 1. The molecule has 4 nitrogen and oxygen atoms in total. The summed E-state index contributed by atoms with van der Waals surface area (Å²) in [6.45, 7) is 2.05.